The molecule has 4 rings (SSSR count). The van der Waals surface area contributed by atoms with Gasteiger partial charge in [0.15, 0.2) is 0 Å². The molecule has 0 saturated carbocycles. The van der Waals surface area contributed by atoms with Crippen molar-refractivity contribution in [1.82, 2.24) is 25.2 Å². The van der Waals surface area contributed by atoms with Gasteiger partial charge < -0.3 is 14.5 Å². The Morgan fingerprint density at radius 1 is 1.03 bits per heavy atom. The first-order valence-corrected chi connectivity index (χ1v) is 11.4. The summed E-state index contributed by atoms with van der Waals surface area (Å²) in [4.78, 5) is 39.8. The van der Waals surface area contributed by atoms with Crippen molar-refractivity contribution in [1.29, 1.82) is 0 Å². The number of rotatable bonds is 6. The van der Waals surface area contributed by atoms with E-state index in [1.807, 2.05) is 59.2 Å². The van der Waals surface area contributed by atoms with Crippen molar-refractivity contribution in [2.75, 3.05) is 57.4 Å². The summed E-state index contributed by atoms with van der Waals surface area (Å²) in [7, 11) is 0. The highest BCUT2D eigenvalue weighted by atomic mass is 16.5. The molecule has 10 heteroatoms. The fraction of sp³-hybridized carbons (Fsp3) is 0.417. The number of anilines is 1. The molecule has 2 amide bonds. The van der Waals surface area contributed by atoms with Crippen LogP contribution in [0.1, 0.15) is 22.8 Å². The van der Waals surface area contributed by atoms with Gasteiger partial charge >= 0.3 is 0 Å². The van der Waals surface area contributed by atoms with Gasteiger partial charge in [-0.1, -0.05) is 42.5 Å². The Bertz CT molecular complexity index is 1000. The highest BCUT2D eigenvalue weighted by Crippen LogP contribution is 2.25. The van der Waals surface area contributed by atoms with Crippen LogP contribution in [-0.4, -0.2) is 94.8 Å². The molecule has 10 nitrogen and oxygen atoms in total. The van der Waals surface area contributed by atoms with Gasteiger partial charge in [0.25, 0.3) is 5.91 Å². The zero-order valence-corrected chi connectivity index (χ0v) is 19.3. The van der Waals surface area contributed by atoms with E-state index in [1.54, 1.807) is 5.48 Å². The van der Waals surface area contributed by atoms with Crippen LogP contribution in [0.15, 0.2) is 48.8 Å². The number of carbonyl (C=O) groups excluding carboxylic acids is 2. The van der Waals surface area contributed by atoms with Crippen LogP contribution in [0.2, 0.25) is 0 Å². The molecule has 2 aliphatic rings. The number of nitrogens with zero attached hydrogens (tertiary/aromatic N) is 5. The van der Waals surface area contributed by atoms with E-state index in [0.717, 1.165) is 5.56 Å². The summed E-state index contributed by atoms with van der Waals surface area (Å²) in [6.45, 7) is 6.84. The lowest BCUT2D eigenvalue weighted by atomic mass is 9.94. The predicted octanol–water partition coefficient (Wildman–Crippen LogP) is 1.05. The second kappa shape index (κ2) is 10.7. The Morgan fingerprint density at radius 3 is 2.29 bits per heavy atom. The van der Waals surface area contributed by atoms with Crippen molar-refractivity contribution in [2.45, 2.75) is 12.5 Å². The van der Waals surface area contributed by atoms with Crippen LogP contribution in [0.5, 0.6) is 0 Å². The van der Waals surface area contributed by atoms with Crippen LogP contribution >= 0.6 is 0 Å². The molecule has 2 aromatic rings. The molecular weight excluding hydrogens is 436 g/mol. The van der Waals surface area contributed by atoms with E-state index >= 15 is 0 Å². The Balaban J connectivity index is 1.50. The largest absolute Gasteiger partial charge is 0.378 e. The Morgan fingerprint density at radius 2 is 1.68 bits per heavy atom. The quantitative estimate of drug-likeness (QED) is 0.480. The summed E-state index contributed by atoms with van der Waals surface area (Å²) >= 11 is 0. The second-order valence-corrected chi connectivity index (χ2v) is 8.48. The minimum absolute atomic E-state index is 0.0760. The second-order valence-electron chi connectivity index (χ2n) is 8.48. The molecule has 0 spiro atoms. The van der Waals surface area contributed by atoms with Crippen LogP contribution in [0.25, 0.3) is 6.08 Å². The molecule has 34 heavy (non-hydrogen) atoms. The molecule has 1 aromatic carbocycles. The van der Waals surface area contributed by atoms with Crippen LogP contribution in [0.3, 0.4) is 0 Å². The van der Waals surface area contributed by atoms with E-state index in [0.29, 0.717) is 58.4 Å². The third-order valence-corrected chi connectivity index (χ3v) is 6.35. The van der Waals surface area contributed by atoms with E-state index in [9.17, 15) is 9.59 Å². The fourth-order valence-corrected chi connectivity index (χ4v) is 4.26. The molecule has 180 valence electrons. The van der Waals surface area contributed by atoms with Crippen molar-refractivity contribution in [3.8, 4) is 0 Å². The lowest BCUT2D eigenvalue weighted by Gasteiger charge is -2.45. The molecule has 0 radical (unpaired) electrons. The summed E-state index contributed by atoms with van der Waals surface area (Å²) in [5.41, 5.74) is 2.00. The number of aromatic nitrogens is 2. The Kier molecular flexibility index (Phi) is 7.51. The number of hydrogen-bond donors (Lipinski definition) is 2. The number of piperazine rings is 1. The van der Waals surface area contributed by atoms with Gasteiger partial charge in [-0.15, -0.1) is 0 Å². The molecular formula is C24H30N6O4. The smallest absolute Gasteiger partial charge is 0.277 e. The van der Waals surface area contributed by atoms with Gasteiger partial charge in [0, 0.05) is 51.7 Å². The number of nitrogens with one attached hydrogen (secondary N) is 1. The summed E-state index contributed by atoms with van der Waals surface area (Å²) in [6, 6.07) is 9.97. The zero-order chi connectivity index (χ0) is 24.0. The topological polar surface area (TPSA) is 111 Å². The zero-order valence-electron chi connectivity index (χ0n) is 19.3. The number of carbonyl (C=O) groups is 2. The van der Waals surface area contributed by atoms with Gasteiger partial charge in [0.05, 0.1) is 18.8 Å². The van der Waals surface area contributed by atoms with Crippen molar-refractivity contribution in [2.24, 2.45) is 0 Å². The third kappa shape index (κ3) is 5.24. The average molecular weight is 467 g/mol. The number of hydroxylamine groups is 1. The lowest BCUT2D eigenvalue weighted by molar-refractivity contribution is -0.145. The monoisotopic (exact) mass is 466 g/mol. The maximum absolute atomic E-state index is 13.7. The van der Waals surface area contributed by atoms with E-state index in [-0.39, 0.29) is 11.5 Å². The maximum atomic E-state index is 13.7. The van der Waals surface area contributed by atoms with Gasteiger partial charge in [-0.2, -0.15) is 0 Å². The third-order valence-electron chi connectivity index (χ3n) is 6.35. The van der Waals surface area contributed by atoms with Crippen molar-refractivity contribution in [3.05, 3.63) is 59.9 Å². The number of hydrogen-bond acceptors (Lipinski definition) is 8. The molecule has 2 aliphatic heterocycles. The normalized spacial score (nSPS) is 19.1. The molecule has 3 heterocycles. The number of morpholine rings is 1. The molecule has 1 unspecified atom stereocenters. The first kappa shape index (κ1) is 23.8. The van der Waals surface area contributed by atoms with Crippen LogP contribution in [0, 0.1) is 0 Å². The van der Waals surface area contributed by atoms with Gasteiger partial charge in [0.1, 0.15) is 5.54 Å². The Labute approximate surface area is 198 Å². The lowest BCUT2D eigenvalue weighted by Crippen LogP contribution is -2.63. The van der Waals surface area contributed by atoms with Gasteiger partial charge in [-0.05, 0) is 12.5 Å². The Hall–Kier alpha value is -3.34. The number of amides is 2. The summed E-state index contributed by atoms with van der Waals surface area (Å²) < 4.78 is 5.45. The van der Waals surface area contributed by atoms with Crippen LogP contribution < -0.4 is 10.4 Å². The fourth-order valence-electron chi connectivity index (χ4n) is 4.26. The van der Waals surface area contributed by atoms with Gasteiger partial charge in [-0.3, -0.25) is 19.7 Å². The van der Waals surface area contributed by atoms with E-state index in [1.165, 1.54) is 12.4 Å². The molecule has 0 aliphatic carbocycles. The standard InChI is InChI=1S/C24H30N6O4/c1-24(8-7-19-5-3-2-4-6-19,22(32)28-13-15-34-16-14-28)30-11-9-29(10-12-30)23-25-17-20(18-26-23)21(31)27-33/h2-8,17-18,33H,9-16H2,1H3,(H,27,31)/b8-7+. The van der Waals surface area contributed by atoms with Crippen LogP contribution in [-0.2, 0) is 9.53 Å². The predicted molar refractivity (Wildman–Crippen MR) is 126 cm³/mol. The van der Waals surface area contributed by atoms with Crippen molar-refractivity contribution >= 4 is 23.8 Å². The SMILES string of the molecule is CC(/C=C/c1ccccc1)(C(=O)N1CCOCC1)N1CCN(c2ncc(C(=O)NO)cn2)CC1. The minimum Gasteiger partial charge on any atom is -0.378 e. The number of benzene rings is 1. The van der Waals surface area contributed by atoms with E-state index in [4.69, 9.17) is 9.94 Å². The molecule has 2 saturated heterocycles. The minimum atomic E-state index is -0.802. The first-order valence-electron chi connectivity index (χ1n) is 11.4. The molecule has 1 atom stereocenters. The summed E-state index contributed by atoms with van der Waals surface area (Å²) in [5.74, 6) is -0.0683. The van der Waals surface area contributed by atoms with Crippen molar-refractivity contribution < 1.29 is 19.5 Å². The molecule has 1 aromatic heterocycles. The summed E-state index contributed by atoms with van der Waals surface area (Å²) in [5, 5.41) is 8.75. The molecule has 2 N–H and O–H groups in total. The van der Waals surface area contributed by atoms with Crippen molar-refractivity contribution in [3.63, 3.8) is 0 Å². The van der Waals surface area contributed by atoms with E-state index < -0.39 is 11.4 Å². The first-order chi connectivity index (χ1) is 16.5. The molecule has 2 fully saturated rings. The van der Waals surface area contributed by atoms with Gasteiger partial charge in [0.2, 0.25) is 11.9 Å². The highest BCUT2D eigenvalue weighted by Gasteiger charge is 2.41. The van der Waals surface area contributed by atoms with Crippen LogP contribution in [0.4, 0.5) is 5.95 Å². The van der Waals surface area contributed by atoms with Gasteiger partial charge in [-0.25, -0.2) is 15.4 Å². The molecule has 0 bridgehead atoms. The highest BCUT2D eigenvalue weighted by molar-refractivity contribution is 5.92. The average Bonchev–Trinajstić information content (AvgIpc) is 2.92. The maximum Gasteiger partial charge on any atom is 0.277 e. The van der Waals surface area contributed by atoms with E-state index in [2.05, 4.69) is 14.9 Å². The number of ether oxygens (including phenoxy) is 1. The summed E-state index contributed by atoms with van der Waals surface area (Å²) in [6.07, 6.45) is 6.79.